The van der Waals surface area contributed by atoms with Crippen molar-refractivity contribution in [2.75, 3.05) is 0 Å². The molecule has 27 heavy (non-hydrogen) atoms. The van der Waals surface area contributed by atoms with Gasteiger partial charge in [-0.1, -0.05) is 27.2 Å². The van der Waals surface area contributed by atoms with Gasteiger partial charge in [-0.25, -0.2) is 9.37 Å². The molecular formula is C22H29FN2OS. The van der Waals surface area contributed by atoms with E-state index in [2.05, 4.69) is 31.1 Å². The largest absolute Gasteiger partial charge is 0.353 e. The summed E-state index contributed by atoms with van der Waals surface area (Å²) >= 11 is 1.49. The van der Waals surface area contributed by atoms with Crippen molar-refractivity contribution < 1.29 is 9.18 Å². The van der Waals surface area contributed by atoms with Crippen LogP contribution in [0.1, 0.15) is 58.6 Å². The van der Waals surface area contributed by atoms with Gasteiger partial charge in [-0.15, -0.1) is 11.3 Å². The number of hydrogen-bond acceptors (Lipinski definition) is 3. The van der Waals surface area contributed by atoms with Gasteiger partial charge in [0, 0.05) is 17.0 Å². The smallest absolute Gasteiger partial charge is 0.226 e. The number of carbonyl (C=O) groups excluding carboxylic acids is 1. The third-order valence-electron chi connectivity index (χ3n) is 6.09. The zero-order chi connectivity index (χ0) is 19.4. The van der Waals surface area contributed by atoms with Crippen LogP contribution in [0, 0.1) is 17.2 Å². The van der Waals surface area contributed by atoms with Gasteiger partial charge in [-0.3, -0.25) is 4.79 Å². The molecule has 1 aliphatic carbocycles. The molecule has 0 unspecified atom stereocenters. The molecule has 1 aliphatic rings. The number of thiazole rings is 1. The third kappa shape index (κ3) is 5.16. The number of benzene rings is 1. The van der Waals surface area contributed by atoms with Crippen molar-refractivity contribution >= 4 is 17.2 Å². The normalized spacial score (nSPS) is 20.4. The predicted molar refractivity (Wildman–Crippen MR) is 109 cm³/mol. The Kier molecular flexibility index (Phi) is 6.30. The van der Waals surface area contributed by atoms with Crippen LogP contribution in [-0.4, -0.2) is 16.9 Å². The summed E-state index contributed by atoms with van der Waals surface area (Å²) in [6.07, 6.45) is 6.02. The first-order chi connectivity index (χ1) is 12.9. The van der Waals surface area contributed by atoms with Crippen molar-refractivity contribution in [2.45, 2.75) is 65.3 Å². The second kappa shape index (κ2) is 8.51. The van der Waals surface area contributed by atoms with E-state index in [4.69, 9.17) is 0 Å². The number of nitrogens with zero attached hydrogens (tertiary/aromatic N) is 1. The summed E-state index contributed by atoms with van der Waals surface area (Å²) in [7, 11) is 0. The summed E-state index contributed by atoms with van der Waals surface area (Å²) in [4.78, 5) is 16.9. The van der Waals surface area contributed by atoms with E-state index in [0.717, 1.165) is 35.0 Å². The molecule has 1 amide bonds. The highest BCUT2D eigenvalue weighted by molar-refractivity contribution is 7.13. The minimum Gasteiger partial charge on any atom is -0.353 e. The Morgan fingerprint density at radius 3 is 2.52 bits per heavy atom. The lowest BCUT2D eigenvalue weighted by molar-refractivity contribution is -0.121. The van der Waals surface area contributed by atoms with Gasteiger partial charge in [-0.05, 0) is 61.3 Å². The topological polar surface area (TPSA) is 42.0 Å². The van der Waals surface area contributed by atoms with E-state index in [1.54, 1.807) is 12.1 Å². The standard InChI is InChI=1S/C22H29FN2OS/c1-4-22(2,3)16-7-11-18(12-8-16)24-20(26)13-19-14-27-21(25-19)15-5-9-17(23)10-6-15/h5-6,9-10,14,16,18H,4,7-8,11-13H2,1-3H3,(H,24,26). The summed E-state index contributed by atoms with van der Waals surface area (Å²) in [6.45, 7) is 6.98. The van der Waals surface area contributed by atoms with Gasteiger partial charge in [0.05, 0.1) is 12.1 Å². The first kappa shape index (κ1) is 20.0. The number of nitrogens with one attached hydrogen (secondary N) is 1. The second-order valence-electron chi connectivity index (χ2n) is 8.29. The zero-order valence-electron chi connectivity index (χ0n) is 16.4. The molecule has 0 bridgehead atoms. The maximum Gasteiger partial charge on any atom is 0.226 e. The van der Waals surface area contributed by atoms with Crippen molar-refractivity contribution in [3.63, 3.8) is 0 Å². The highest BCUT2D eigenvalue weighted by Gasteiger charge is 2.32. The van der Waals surface area contributed by atoms with E-state index in [9.17, 15) is 9.18 Å². The van der Waals surface area contributed by atoms with Gasteiger partial charge in [0.1, 0.15) is 10.8 Å². The van der Waals surface area contributed by atoms with Crippen LogP contribution >= 0.6 is 11.3 Å². The Morgan fingerprint density at radius 2 is 1.89 bits per heavy atom. The molecule has 1 aromatic heterocycles. The van der Waals surface area contributed by atoms with Crippen LogP contribution in [0.25, 0.3) is 10.6 Å². The molecule has 1 N–H and O–H groups in total. The SMILES string of the molecule is CCC(C)(C)C1CCC(NC(=O)Cc2csc(-c3ccc(F)cc3)n2)CC1. The van der Waals surface area contributed by atoms with Crippen LogP contribution in [-0.2, 0) is 11.2 Å². The van der Waals surface area contributed by atoms with E-state index < -0.39 is 0 Å². The fourth-order valence-corrected chi connectivity index (χ4v) is 4.69. The average molecular weight is 389 g/mol. The molecule has 0 saturated heterocycles. The highest BCUT2D eigenvalue weighted by Crippen LogP contribution is 2.40. The van der Waals surface area contributed by atoms with Gasteiger partial charge in [0.25, 0.3) is 0 Å². The van der Waals surface area contributed by atoms with Crippen LogP contribution in [0.15, 0.2) is 29.6 Å². The number of carbonyl (C=O) groups is 1. The van der Waals surface area contributed by atoms with Gasteiger partial charge in [0.15, 0.2) is 0 Å². The van der Waals surface area contributed by atoms with Crippen LogP contribution < -0.4 is 5.32 Å². The van der Waals surface area contributed by atoms with E-state index >= 15 is 0 Å². The van der Waals surface area contributed by atoms with Crippen molar-refractivity contribution in [3.05, 3.63) is 41.2 Å². The van der Waals surface area contributed by atoms with Gasteiger partial charge >= 0.3 is 0 Å². The minimum absolute atomic E-state index is 0.0455. The van der Waals surface area contributed by atoms with Crippen molar-refractivity contribution in [1.29, 1.82) is 0 Å². The number of amides is 1. The van der Waals surface area contributed by atoms with Crippen molar-refractivity contribution in [2.24, 2.45) is 11.3 Å². The van der Waals surface area contributed by atoms with Gasteiger partial charge in [-0.2, -0.15) is 0 Å². The van der Waals surface area contributed by atoms with E-state index in [1.807, 2.05) is 5.38 Å². The summed E-state index contributed by atoms with van der Waals surface area (Å²) < 4.78 is 13.0. The molecule has 1 fully saturated rings. The Balaban J connectivity index is 1.50. The molecule has 0 radical (unpaired) electrons. The quantitative estimate of drug-likeness (QED) is 0.699. The van der Waals surface area contributed by atoms with Crippen molar-refractivity contribution in [1.82, 2.24) is 10.3 Å². The molecule has 1 saturated carbocycles. The predicted octanol–water partition coefficient (Wildman–Crippen LogP) is 5.60. The first-order valence-electron chi connectivity index (χ1n) is 9.87. The number of rotatable bonds is 6. The van der Waals surface area contributed by atoms with E-state index in [-0.39, 0.29) is 17.8 Å². The zero-order valence-corrected chi connectivity index (χ0v) is 17.2. The molecule has 3 rings (SSSR count). The molecule has 3 nitrogen and oxygen atoms in total. The molecule has 1 aromatic carbocycles. The summed E-state index contributed by atoms with van der Waals surface area (Å²) in [5.74, 6) is 0.545. The van der Waals surface area contributed by atoms with Gasteiger partial charge in [0.2, 0.25) is 5.91 Å². The number of hydrogen-bond donors (Lipinski definition) is 1. The van der Waals surface area contributed by atoms with Crippen molar-refractivity contribution in [3.8, 4) is 10.6 Å². The number of halogens is 1. The van der Waals surface area contributed by atoms with Crippen LogP contribution in [0.5, 0.6) is 0 Å². The Labute approximate surface area is 165 Å². The lowest BCUT2D eigenvalue weighted by Gasteiger charge is -2.39. The molecule has 5 heteroatoms. The maximum absolute atomic E-state index is 13.0. The summed E-state index contributed by atoms with van der Waals surface area (Å²) in [5.41, 5.74) is 2.05. The lowest BCUT2D eigenvalue weighted by Crippen LogP contribution is -2.40. The van der Waals surface area contributed by atoms with Crippen LogP contribution in [0.3, 0.4) is 0 Å². The Hall–Kier alpha value is -1.75. The molecule has 2 aromatic rings. The molecule has 0 spiro atoms. The monoisotopic (exact) mass is 388 g/mol. The van der Waals surface area contributed by atoms with E-state index in [0.29, 0.717) is 11.8 Å². The molecule has 0 aliphatic heterocycles. The second-order valence-corrected chi connectivity index (χ2v) is 9.14. The Bertz CT molecular complexity index is 761. The fraction of sp³-hybridized carbons (Fsp3) is 0.545. The number of aromatic nitrogens is 1. The molecule has 146 valence electrons. The third-order valence-corrected chi connectivity index (χ3v) is 7.03. The van der Waals surface area contributed by atoms with E-state index in [1.165, 1.54) is 42.7 Å². The summed E-state index contributed by atoms with van der Waals surface area (Å²) in [6, 6.07) is 6.58. The first-order valence-corrected chi connectivity index (χ1v) is 10.7. The lowest BCUT2D eigenvalue weighted by atomic mass is 9.69. The van der Waals surface area contributed by atoms with Crippen LogP contribution in [0.2, 0.25) is 0 Å². The molecular weight excluding hydrogens is 359 g/mol. The highest BCUT2D eigenvalue weighted by atomic mass is 32.1. The average Bonchev–Trinajstić information content (AvgIpc) is 3.11. The maximum atomic E-state index is 13.0. The molecule has 0 atom stereocenters. The minimum atomic E-state index is -0.257. The van der Waals surface area contributed by atoms with Crippen LogP contribution in [0.4, 0.5) is 4.39 Å². The Morgan fingerprint density at radius 1 is 1.22 bits per heavy atom. The molecule has 1 heterocycles. The fourth-order valence-electron chi connectivity index (χ4n) is 3.86. The van der Waals surface area contributed by atoms with Gasteiger partial charge < -0.3 is 5.32 Å². The summed E-state index contributed by atoms with van der Waals surface area (Å²) in [5, 5.41) is 5.93.